The van der Waals surface area contributed by atoms with Gasteiger partial charge in [-0.05, 0) is 12.0 Å². The summed E-state index contributed by atoms with van der Waals surface area (Å²) in [5, 5.41) is 4.03. The van der Waals surface area contributed by atoms with Crippen LogP contribution in [-0.2, 0) is 4.79 Å². The van der Waals surface area contributed by atoms with Crippen molar-refractivity contribution in [1.82, 2.24) is 25.1 Å². The van der Waals surface area contributed by atoms with Crippen molar-refractivity contribution >= 4 is 53.6 Å². The van der Waals surface area contributed by atoms with Crippen LogP contribution >= 0.6 is 35.7 Å². The SMILES string of the molecule is CN=C(NCCC(=O)N1CCN(c2ncccn2)CC1)N1CCSC(C(C)C)C1.I. The number of piperazine rings is 1. The molecule has 1 N–H and O–H groups in total. The molecule has 1 atom stereocenters. The molecule has 0 radical (unpaired) electrons. The lowest BCUT2D eigenvalue weighted by Crippen LogP contribution is -2.51. The molecular formula is C20H34IN7OS. The second-order valence-electron chi connectivity index (χ2n) is 7.74. The summed E-state index contributed by atoms with van der Waals surface area (Å²) in [5.41, 5.74) is 0. The van der Waals surface area contributed by atoms with Crippen molar-refractivity contribution < 1.29 is 4.79 Å². The molecule has 10 heteroatoms. The highest BCUT2D eigenvalue weighted by molar-refractivity contribution is 14.0. The molecule has 0 aromatic carbocycles. The maximum absolute atomic E-state index is 12.6. The van der Waals surface area contributed by atoms with E-state index in [-0.39, 0.29) is 29.9 Å². The van der Waals surface area contributed by atoms with E-state index in [4.69, 9.17) is 0 Å². The van der Waals surface area contributed by atoms with Gasteiger partial charge in [0.2, 0.25) is 11.9 Å². The number of halogens is 1. The molecule has 1 aromatic heterocycles. The number of hydrogen-bond acceptors (Lipinski definition) is 6. The van der Waals surface area contributed by atoms with Crippen molar-refractivity contribution in [3.05, 3.63) is 18.5 Å². The van der Waals surface area contributed by atoms with Gasteiger partial charge in [0, 0.05) is 82.7 Å². The Morgan fingerprint density at radius 2 is 1.90 bits per heavy atom. The number of thioether (sulfide) groups is 1. The maximum Gasteiger partial charge on any atom is 0.225 e. The Kier molecular flexibility index (Phi) is 10.4. The minimum absolute atomic E-state index is 0. The molecule has 2 fully saturated rings. The highest BCUT2D eigenvalue weighted by atomic mass is 127. The number of nitrogens with one attached hydrogen (secondary N) is 1. The molecule has 1 aromatic rings. The first-order chi connectivity index (χ1) is 14.1. The molecule has 0 bridgehead atoms. The summed E-state index contributed by atoms with van der Waals surface area (Å²) in [6.07, 6.45) is 3.99. The Hall–Kier alpha value is -1.30. The number of guanidine groups is 1. The lowest BCUT2D eigenvalue weighted by molar-refractivity contribution is -0.131. The van der Waals surface area contributed by atoms with E-state index < -0.39 is 0 Å². The van der Waals surface area contributed by atoms with Crippen molar-refractivity contribution in [3.63, 3.8) is 0 Å². The van der Waals surface area contributed by atoms with E-state index in [1.807, 2.05) is 18.0 Å². The summed E-state index contributed by atoms with van der Waals surface area (Å²) >= 11 is 2.05. The second-order valence-corrected chi connectivity index (χ2v) is 9.09. The summed E-state index contributed by atoms with van der Waals surface area (Å²) in [5.74, 6) is 3.62. The first-order valence-corrected chi connectivity index (χ1v) is 11.5. The van der Waals surface area contributed by atoms with Gasteiger partial charge >= 0.3 is 0 Å². The minimum Gasteiger partial charge on any atom is -0.356 e. The third-order valence-electron chi connectivity index (χ3n) is 5.44. The fourth-order valence-corrected chi connectivity index (χ4v) is 4.95. The fourth-order valence-electron chi connectivity index (χ4n) is 3.65. The van der Waals surface area contributed by atoms with Crippen LogP contribution in [0.1, 0.15) is 20.3 Å². The molecule has 1 amide bonds. The monoisotopic (exact) mass is 547 g/mol. The average molecular weight is 548 g/mol. The summed E-state index contributed by atoms with van der Waals surface area (Å²) < 4.78 is 0. The van der Waals surface area contributed by atoms with Gasteiger partial charge in [0.15, 0.2) is 5.96 Å². The van der Waals surface area contributed by atoms with Gasteiger partial charge < -0.3 is 20.0 Å². The lowest BCUT2D eigenvalue weighted by atomic mass is 10.1. The number of anilines is 1. The molecule has 30 heavy (non-hydrogen) atoms. The molecule has 2 saturated heterocycles. The maximum atomic E-state index is 12.6. The van der Waals surface area contributed by atoms with Crippen molar-refractivity contribution in [1.29, 1.82) is 0 Å². The molecule has 2 aliphatic heterocycles. The normalized spacial score (nSPS) is 20.2. The molecule has 2 aliphatic rings. The topological polar surface area (TPSA) is 77.0 Å². The minimum atomic E-state index is 0. The molecule has 1 unspecified atom stereocenters. The number of carbonyl (C=O) groups is 1. The first kappa shape index (κ1) is 25.0. The Morgan fingerprint density at radius 1 is 1.20 bits per heavy atom. The summed E-state index contributed by atoms with van der Waals surface area (Å²) in [4.78, 5) is 32.0. The van der Waals surface area contributed by atoms with Gasteiger partial charge in [-0.1, -0.05) is 13.8 Å². The fraction of sp³-hybridized carbons (Fsp3) is 0.700. The van der Waals surface area contributed by atoms with Gasteiger partial charge in [0.25, 0.3) is 0 Å². The molecule has 3 heterocycles. The Morgan fingerprint density at radius 3 is 2.53 bits per heavy atom. The molecule has 0 saturated carbocycles. The lowest BCUT2D eigenvalue weighted by Gasteiger charge is -2.36. The number of amides is 1. The zero-order valence-electron chi connectivity index (χ0n) is 18.2. The zero-order chi connectivity index (χ0) is 20.6. The summed E-state index contributed by atoms with van der Waals surface area (Å²) in [6.45, 7) is 10.2. The molecular weight excluding hydrogens is 513 g/mol. The van der Waals surface area contributed by atoms with Crippen LogP contribution in [-0.4, -0.2) is 95.5 Å². The van der Waals surface area contributed by atoms with Gasteiger partial charge in [-0.25, -0.2) is 9.97 Å². The van der Waals surface area contributed by atoms with Crippen LogP contribution in [0.3, 0.4) is 0 Å². The number of aromatic nitrogens is 2. The highest BCUT2D eigenvalue weighted by Crippen LogP contribution is 2.24. The third kappa shape index (κ3) is 6.86. The van der Waals surface area contributed by atoms with Crippen molar-refractivity contribution in [2.75, 3.05) is 63.5 Å². The Balaban J connectivity index is 0.00000320. The second kappa shape index (κ2) is 12.5. The molecule has 3 rings (SSSR count). The number of carbonyl (C=O) groups excluding carboxylic acids is 1. The summed E-state index contributed by atoms with van der Waals surface area (Å²) in [7, 11) is 1.82. The quantitative estimate of drug-likeness (QED) is 0.342. The molecule has 0 spiro atoms. The number of nitrogens with zero attached hydrogens (tertiary/aromatic N) is 6. The summed E-state index contributed by atoms with van der Waals surface area (Å²) in [6, 6.07) is 1.82. The standard InChI is InChI=1S/C20H33N7OS.HI/c1-16(2)17-15-27(13-14-29-17)19(21-3)24-8-5-18(28)25-9-11-26(12-10-25)20-22-6-4-7-23-20;/h4,6-7,16-17H,5,8-15H2,1-3H3,(H,21,24);1H. The van der Waals surface area contributed by atoms with E-state index in [0.717, 1.165) is 43.8 Å². The average Bonchev–Trinajstić information content (AvgIpc) is 2.77. The largest absolute Gasteiger partial charge is 0.356 e. The van der Waals surface area contributed by atoms with Gasteiger partial charge in [-0.15, -0.1) is 24.0 Å². The zero-order valence-corrected chi connectivity index (χ0v) is 21.3. The van der Waals surface area contributed by atoms with Crippen molar-refractivity contribution in [2.24, 2.45) is 10.9 Å². The predicted octanol–water partition coefficient (Wildman–Crippen LogP) is 1.78. The van der Waals surface area contributed by atoms with Crippen molar-refractivity contribution in [2.45, 2.75) is 25.5 Å². The van der Waals surface area contributed by atoms with E-state index >= 15 is 0 Å². The van der Waals surface area contributed by atoms with Gasteiger partial charge in [0.05, 0.1) is 0 Å². The van der Waals surface area contributed by atoms with Crippen molar-refractivity contribution in [3.8, 4) is 0 Å². The van der Waals surface area contributed by atoms with E-state index in [2.05, 4.69) is 55.7 Å². The van der Waals surface area contributed by atoms with E-state index in [1.165, 1.54) is 0 Å². The van der Waals surface area contributed by atoms with Crippen LogP contribution in [0, 0.1) is 5.92 Å². The van der Waals surface area contributed by atoms with Crippen LogP contribution in [0.25, 0.3) is 0 Å². The van der Waals surface area contributed by atoms with Crippen LogP contribution in [0.2, 0.25) is 0 Å². The molecule has 168 valence electrons. The number of hydrogen-bond donors (Lipinski definition) is 1. The Bertz CT molecular complexity index is 683. The smallest absolute Gasteiger partial charge is 0.225 e. The number of rotatable bonds is 5. The highest BCUT2D eigenvalue weighted by Gasteiger charge is 2.25. The van der Waals surface area contributed by atoms with E-state index in [1.54, 1.807) is 12.4 Å². The van der Waals surface area contributed by atoms with Gasteiger partial charge in [-0.3, -0.25) is 9.79 Å². The Labute approximate surface area is 201 Å². The van der Waals surface area contributed by atoms with Crippen LogP contribution < -0.4 is 10.2 Å². The predicted molar refractivity (Wildman–Crippen MR) is 135 cm³/mol. The molecule has 0 aliphatic carbocycles. The first-order valence-electron chi connectivity index (χ1n) is 10.5. The molecule has 8 nitrogen and oxygen atoms in total. The van der Waals surface area contributed by atoms with Crippen LogP contribution in [0.5, 0.6) is 0 Å². The van der Waals surface area contributed by atoms with Crippen LogP contribution in [0.15, 0.2) is 23.5 Å². The van der Waals surface area contributed by atoms with E-state index in [9.17, 15) is 4.79 Å². The third-order valence-corrected chi connectivity index (χ3v) is 6.98. The van der Waals surface area contributed by atoms with E-state index in [0.29, 0.717) is 37.2 Å². The van der Waals surface area contributed by atoms with Gasteiger partial charge in [-0.2, -0.15) is 11.8 Å². The van der Waals surface area contributed by atoms with Crippen LogP contribution in [0.4, 0.5) is 5.95 Å². The number of aliphatic imine (C=N–C) groups is 1. The van der Waals surface area contributed by atoms with Gasteiger partial charge in [0.1, 0.15) is 0 Å².